The van der Waals surface area contributed by atoms with Crippen LogP contribution in [0.5, 0.6) is 0 Å². The monoisotopic (exact) mass is 315 g/mol. The molecule has 0 spiro atoms. The SMILES string of the molecule is CC(=O)[C@@H]1[C@@H]2C[C@H](Cl)CC(=O)[C@H]2[C@@H]2C=Cc3ccccc3N12. The zero-order valence-corrected chi connectivity index (χ0v) is 13.2. The molecule has 0 unspecified atom stereocenters. The van der Waals surface area contributed by atoms with Gasteiger partial charge < -0.3 is 4.90 Å². The second-order valence-electron chi connectivity index (χ2n) is 6.56. The summed E-state index contributed by atoms with van der Waals surface area (Å²) >= 11 is 6.28. The first-order valence-corrected chi connectivity index (χ1v) is 8.24. The Morgan fingerprint density at radius 2 is 2.09 bits per heavy atom. The van der Waals surface area contributed by atoms with Crippen molar-refractivity contribution in [3.63, 3.8) is 0 Å². The lowest BCUT2D eigenvalue weighted by Gasteiger charge is -2.34. The van der Waals surface area contributed by atoms with Crippen molar-refractivity contribution in [2.75, 3.05) is 4.90 Å². The average molecular weight is 316 g/mol. The third-order valence-corrected chi connectivity index (χ3v) is 5.61. The highest BCUT2D eigenvalue weighted by Crippen LogP contribution is 2.49. The van der Waals surface area contributed by atoms with Gasteiger partial charge in [-0.05, 0) is 30.9 Å². The lowest BCUT2D eigenvalue weighted by Crippen LogP contribution is -2.43. The minimum absolute atomic E-state index is 0.00883. The van der Waals surface area contributed by atoms with Crippen LogP contribution in [0.2, 0.25) is 0 Å². The van der Waals surface area contributed by atoms with Gasteiger partial charge in [-0.1, -0.05) is 30.4 Å². The van der Waals surface area contributed by atoms with Crippen LogP contribution < -0.4 is 4.90 Å². The van der Waals surface area contributed by atoms with Crippen LogP contribution >= 0.6 is 11.6 Å². The molecular weight excluding hydrogens is 298 g/mol. The highest BCUT2D eigenvalue weighted by molar-refractivity contribution is 6.22. The summed E-state index contributed by atoms with van der Waals surface area (Å²) in [4.78, 5) is 27.1. The Bertz CT molecular complexity index is 683. The number of benzene rings is 1. The molecule has 0 amide bonds. The molecule has 2 aliphatic heterocycles. The Hall–Kier alpha value is -1.61. The van der Waals surface area contributed by atoms with Crippen molar-refractivity contribution in [1.82, 2.24) is 0 Å². The Morgan fingerprint density at radius 3 is 2.86 bits per heavy atom. The fourth-order valence-corrected chi connectivity index (χ4v) is 4.90. The predicted octanol–water partition coefficient (Wildman–Crippen LogP) is 3.06. The summed E-state index contributed by atoms with van der Waals surface area (Å²) in [6.07, 6.45) is 5.34. The standard InChI is InChI=1S/C18H18ClNO2/c1-10(21)18-13-8-12(19)9-16(22)17(13)15-7-6-11-4-2-3-5-14(11)20(15)18/h2-7,12-13,15,17-18H,8-9H2,1H3/t12-,13+,15-,17+,18+/m0/s1. The van der Waals surface area contributed by atoms with Crippen LogP contribution in [0.25, 0.3) is 6.08 Å². The summed E-state index contributed by atoms with van der Waals surface area (Å²) < 4.78 is 0. The van der Waals surface area contributed by atoms with Gasteiger partial charge in [-0.25, -0.2) is 0 Å². The van der Waals surface area contributed by atoms with Gasteiger partial charge in [0.15, 0.2) is 5.78 Å². The van der Waals surface area contributed by atoms with Gasteiger partial charge in [-0.2, -0.15) is 0 Å². The van der Waals surface area contributed by atoms with E-state index >= 15 is 0 Å². The van der Waals surface area contributed by atoms with E-state index in [1.54, 1.807) is 6.92 Å². The molecule has 22 heavy (non-hydrogen) atoms. The van der Waals surface area contributed by atoms with Gasteiger partial charge in [-0.15, -0.1) is 11.6 Å². The third kappa shape index (κ3) is 1.88. The van der Waals surface area contributed by atoms with E-state index < -0.39 is 0 Å². The van der Waals surface area contributed by atoms with E-state index in [2.05, 4.69) is 17.1 Å². The van der Waals surface area contributed by atoms with Crippen LogP contribution in [0.3, 0.4) is 0 Å². The Kier molecular flexibility index (Phi) is 3.15. The van der Waals surface area contributed by atoms with Gasteiger partial charge in [0.2, 0.25) is 0 Å². The lowest BCUT2D eigenvalue weighted by atomic mass is 9.74. The van der Waals surface area contributed by atoms with E-state index in [9.17, 15) is 9.59 Å². The number of fused-ring (bicyclic) bond motifs is 5. The summed E-state index contributed by atoms with van der Waals surface area (Å²) in [6, 6.07) is 7.82. The van der Waals surface area contributed by atoms with E-state index in [4.69, 9.17) is 11.6 Å². The molecule has 0 radical (unpaired) electrons. The first-order valence-electron chi connectivity index (χ1n) is 7.80. The van der Waals surface area contributed by atoms with Crippen molar-refractivity contribution in [2.45, 2.75) is 37.2 Å². The Morgan fingerprint density at radius 1 is 1.32 bits per heavy atom. The normalized spacial score (nSPS) is 35.8. The van der Waals surface area contributed by atoms with Gasteiger partial charge in [0.1, 0.15) is 5.78 Å². The molecule has 1 saturated carbocycles. The van der Waals surface area contributed by atoms with Crippen molar-refractivity contribution in [3.05, 3.63) is 35.9 Å². The highest BCUT2D eigenvalue weighted by Gasteiger charge is 2.55. The van der Waals surface area contributed by atoms with E-state index in [-0.39, 0.29) is 40.9 Å². The van der Waals surface area contributed by atoms with Crippen molar-refractivity contribution >= 4 is 34.9 Å². The minimum atomic E-state index is -0.244. The number of carbonyl (C=O) groups is 2. The third-order valence-electron chi connectivity index (χ3n) is 5.28. The second kappa shape index (κ2) is 4.95. The van der Waals surface area contributed by atoms with Crippen molar-refractivity contribution in [2.24, 2.45) is 11.8 Å². The molecule has 1 saturated heterocycles. The molecule has 2 fully saturated rings. The number of hydrogen-bond acceptors (Lipinski definition) is 3. The molecule has 0 N–H and O–H groups in total. The molecule has 0 bridgehead atoms. The van der Waals surface area contributed by atoms with E-state index in [1.165, 1.54) is 0 Å². The molecule has 1 aliphatic carbocycles. The smallest absolute Gasteiger partial charge is 0.152 e. The number of nitrogens with zero attached hydrogens (tertiary/aromatic N) is 1. The molecule has 0 aromatic heterocycles. The second-order valence-corrected chi connectivity index (χ2v) is 7.18. The summed E-state index contributed by atoms with van der Waals surface area (Å²) in [5, 5.41) is -0.142. The number of Topliss-reactive ketones (excluding diaryl/α,β-unsaturated/α-hetero) is 2. The van der Waals surface area contributed by atoms with Crippen molar-refractivity contribution < 1.29 is 9.59 Å². The fourth-order valence-electron chi connectivity index (χ4n) is 4.54. The summed E-state index contributed by atoms with van der Waals surface area (Å²) in [7, 11) is 0. The topological polar surface area (TPSA) is 37.4 Å². The first kappa shape index (κ1) is 14.0. The summed E-state index contributed by atoms with van der Waals surface area (Å²) in [5.74, 6) is 0.260. The van der Waals surface area contributed by atoms with Gasteiger partial charge in [-0.3, -0.25) is 9.59 Å². The number of ketones is 2. The average Bonchev–Trinajstić information content (AvgIpc) is 2.81. The predicted molar refractivity (Wildman–Crippen MR) is 87.1 cm³/mol. The number of carbonyl (C=O) groups excluding carboxylic acids is 2. The van der Waals surface area contributed by atoms with Gasteiger partial charge in [0.25, 0.3) is 0 Å². The van der Waals surface area contributed by atoms with E-state index in [1.807, 2.05) is 24.3 Å². The molecule has 2 heterocycles. The van der Waals surface area contributed by atoms with Crippen molar-refractivity contribution in [3.8, 4) is 0 Å². The molecule has 3 nitrogen and oxygen atoms in total. The van der Waals surface area contributed by atoms with E-state index in [0.29, 0.717) is 6.42 Å². The quantitative estimate of drug-likeness (QED) is 0.747. The minimum Gasteiger partial charge on any atom is -0.354 e. The van der Waals surface area contributed by atoms with Crippen LogP contribution in [-0.2, 0) is 9.59 Å². The highest BCUT2D eigenvalue weighted by atomic mass is 35.5. The number of hydrogen-bond donors (Lipinski definition) is 0. The van der Waals surface area contributed by atoms with E-state index in [0.717, 1.165) is 17.7 Å². The Labute approximate surface area is 134 Å². The first-order chi connectivity index (χ1) is 10.6. The number of alkyl halides is 1. The Balaban J connectivity index is 1.86. The number of anilines is 1. The number of para-hydroxylation sites is 1. The van der Waals surface area contributed by atoms with Gasteiger partial charge in [0, 0.05) is 23.4 Å². The fraction of sp³-hybridized carbons (Fsp3) is 0.444. The van der Waals surface area contributed by atoms with Crippen LogP contribution in [0.1, 0.15) is 25.3 Å². The molecule has 5 atom stereocenters. The van der Waals surface area contributed by atoms with Crippen LogP contribution in [0.4, 0.5) is 5.69 Å². The van der Waals surface area contributed by atoms with Crippen LogP contribution in [0, 0.1) is 11.8 Å². The van der Waals surface area contributed by atoms with Crippen molar-refractivity contribution in [1.29, 1.82) is 0 Å². The molecule has 1 aromatic carbocycles. The molecular formula is C18H18ClNO2. The van der Waals surface area contributed by atoms with Crippen LogP contribution in [-0.4, -0.2) is 29.0 Å². The molecule has 4 rings (SSSR count). The molecule has 114 valence electrons. The van der Waals surface area contributed by atoms with Gasteiger partial charge in [0.05, 0.1) is 12.1 Å². The number of rotatable bonds is 1. The maximum Gasteiger partial charge on any atom is 0.152 e. The molecule has 4 heteroatoms. The summed E-state index contributed by atoms with van der Waals surface area (Å²) in [5.41, 5.74) is 2.17. The van der Waals surface area contributed by atoms with Gasteiger partial charge >= 0.3 is 0 Å². The van der Waals surface area contributed by atoms with Crippen LogP contribution in [0.15, 0.2) is 30.3 Å². The summed E-state index contributed by atoms with van der Waals surface area (Å²) in [6.45, 7) is 1.63. The molecule has 1 aromatic rings. The zero-order valence-electron chi connectivity index (χ0n) is 12.4. The number of halogens is 1. The maximum absolute atomic E-state index is 12.6. The zero-order chi connectivity index (χ0) is 15.4. The maximum atomic E-state index is 12.6. The lowest BCUT2D eigenvalue weighted by molar-refractivity contribution is -0.126. The molecule has 3 aliphatic rings. The largest absolute Gasteiger partial charge is 0.354 e.